The molecule has 0 N–H and O–H groups in total. The van der Waals surface area contributed by atoms with Crippen LogP contribution in [0.2, 0.25) is 0 Å². The van der Waals surface area contributed by atoms with E-state index in [2.05, 4.69) is 0 Å². The molecule has 0 aromatic heterocycles. The highest BCUT2D eigenvalue weighted by Crippen LogP contribution is 2.17. The first kappa shape index (κ1) is 14.1. The van der Waals surface area contributed by atoms with E-state index in [4.69, 9.17) is 4.74 Å². The fourth-order valence-corrected chi connectivity index (χ4v) is 2.25. The average Bonchev–Trinajstić information content (AvgIpc) is 2.27. The van der Waals surface area contributed by atoms with Gasteiger partial charge in [0.1, 0.15) is 11.6 Å². The quantitative estimate of drug-likeness (QED) is 0.788. The van der Waals surface area contributed by atoms with Crippen molar-refractivity contribution < 1.29 is 18.3 Å². The van der Waals surface area contributed by atoms with Crippen LogP contribution in [-0.2, 0) is 4.74 Å². The van der Waals surface area contributed by atoms with Gasteiger partial charge in [0.25, 0.3) is 0 Å². The lowest BCUT2D eigenvalue weighted by atomic mass is 10.1. The van der Waals surface area contributed by atoms with Crippen LogP contribution in [0, 0.1) is 11.6 Å². The first-order valence-corrected chi connectivity index (χ1v) is 6.22. The Morgan fingerprint density at radius 3 is 2.79 bits per heavy atom. The van der Waals surface area contributed by atoms with Crippen molar-refractivity contribution in [2.24, 2.45) is 0 Å². The van der Waals surface area contributed by atoms with Crippen LogP contribution in [0.3, 0.4) is 0 Å². The van der Waals surface area contributed by atoms with Gasteiger partial charge in [-0.1, -0.05) is 0 Å². The Bertz CT molecular complexity index is 488. The third-order valence-electron chi connectivity index (χ3n) is 3.10. The van der Waals surface area contributed by atoms with Gasteiger partial charge < -0.3 is 4.74 Å². The highest BCUT2D eigenvalue weighted by molar-refractivity contribution is 5.97. The van der Waals surface area contributed by atoms with Crippen molar-refractivity contribution in [1.29, 1.82) is 0 Å². The topological polar surface area (TPSA) is 29.5 Å². The second-order valence-corrected chi connectivity index (χ2v) is 5.37. The maximum absolute atomic E-state index is 13.5. The summed E-state index contributed by atoms with van der Waals surface area (Å²) in [5, 5.41) is 0. The lowest BCUT2D eigenvalue weighted by Crippen LogP contribution is -2.49. The van der Waals surface area contributed by atoms with Crippen molar-refractivity contribution in [3.05, 3.63) is 35.4 Å². The second-order valence-electron chi connectivity index (χ2n) is 5.37. The lowest BCUT2D eigenvalue weighted by molar-refractivity contribution is -0.0833. The molecule has 0 unspecified atom stereocenters. The maximum atomic E-state index is 13.5. The van der Waals surface area contributed by atoms with Crippen LogP contribution in [0.25, 0.3) is 0 Å². The monoisotopic (exact) mass is 269 g/mol. The standard InChI is InChI=1S/C14H17F2NO2/c1-14(2)9-17(5-6-19-14)8-13(18)11-4-3-10(15)7-12(11)16/h3-4,7H,5-6,8-9H2,1-2H3. The summed E-state index contributed by atoms with van der Waals surface area (Å²) < 4.78 is 31.8. The molecule has 1 aliphatic heterocycles. The molecule has 1 aromatic rings. The molecule has 0 amide bonds. The largest absolute Gasteiger partial charge is 0.373 e. The number of benzene rings is 1. The van der Waals surface area contributed by atoms with Crippen molar-refractivity contribution in [2.45, 2.75) is 19.4 Å². The van der Waals surface area contributed by atoms with Crippen LogP contribution < -0.4 is 0 Å². The highest BCUT2D eigenvalue weighted by atomic mass is 19.1. The number of halogens is 2. The summed E-state index contributed by atoms with van der Waals surface area (Å²) in [4.78, 5) is 13.9. The lowest BCUT2D eigenvalue weighted by Gasteiger charge is -2.37. The Hall–Kier alpha value is -1.33. The summed E-state index contributed by atoms with van der Waals surface area (Å²) in [5.41, 5.74) is -0.370. The molecular weight excluding hydrogens is 252 g/mol. The Kier molecular flexibility index (Phi) is 3.96. The van der Waals surface area contributed by atoms with Gasteiger partial charge in [-0.25, -0.2) is 8.78 Å². The van der Waals surface area contributed by atoms with E-state index in [9.17, 15) is 13.6 Å². The number of ketones is 1. The Morgan fingerprint density at radius 2 is 2.16 bits per heavy atom. The summed E-state index contributed by atoms with van der Waals surface area (Å²) in [6.07, 6.45) is 0. The van der Waals surface area contributed by atoms with Gasteiger partial charge in [-0.15, -0.1) is 0 Å². The predicted molar refractivity (Wildman–Crippen MR) is 67.2 cm³/mol. The molecule has 5 heteroatoms. The van der Waals surface area contributed by atoms with Crippen molar-refractivity contribution in [3.8, 4) is 0 Å². The molecule has 1 heterocycles. The third-order valence-corrected chi connectivity index (χ3v) is 3.10. The van der Waals surface area contributed by atoms with Crippen molar-refractivity contribution in [1.82, 2.24) is 4.90 Å². The minimum absolute atomic E-state index is 0.0642. The predicted octanol–water partition coefficient (Wildman–Crippen LogP) is 2.26. The van der Waals surface area contributed by atoms with Crippen molar-refractivity contribution >= 4 is 5.78 Å². The molecule has 1 aliphatic rings. The van der Waals surface area contributed by atoms with E-state index in [1.54, 1.807) is 0 Å². The molecule has 19 heavy (non-hydrogen) atoms. The van der Waals surface area contributed by atoms with Crippen LogP contribution in [0.5, 0.6) is 0 Å². The van der Waals surface area contributed by atoms with Gasteiger partial charge in [0.15, 0.2) is 5.78 Å². The zero-order valence-corrected chi connectivity index (χ0v) is 11.1. The van der Waals surface area contributed by atoms with Gasteiger partial charge in [0.05, 0.1) is 24.3 Å². The molecule has 1 fully saturated rings. The minimum Gasteiger partial charge on any atom is -0.373 e. The zero-order chi connectivity index (χ0) is 14.0. The third kappa shape index (κ3) is 3.58. The van der Waals surface area contributed by atoms with Crippen LogP contribution in [0.15, 0.2) is 18.2 Å². The van der Waals surface area contributed by atoms with Gasteiger partial charge in [-0.05, 0) is 26.0 Å². The number of rotatable bonds is 3. The van der Waals surface area contributed by atoms with E-state index < -0.39 is 11.6 Å². The van der Waals surface area contributed by atoms with E-state index >= 15 is 0 Å². The fraction of sp³-hybridized carbons (Fsp3) is 0.500. The van der Waals surface area contributed by atoms with Crippen LogP contribution in [-0.4, -0.2) is 42.5 Å². The average molecular weight is 269 g/mol. The van der Waals surface area contributed by atoms with Gasteiger partial charge in [-0.2, -0.15) is 0 Å². The molecule has 0 bridgehead atoms. The van der Waals surface area contributed by atoms with E-state index in [0.717, 1.165) is 12.1 Å². The molecule has 0 aliphatic carbocycles. The molecule has 104 valence electrons. The first-order chi connectivity index (χ1) is 8.87. The molecule has 1 saturated heterocycles. The number of carbonyl (C=O) groups is 1. The minimum atomic E-state index is -0.808. The number of carbonyl (C=O) groups excluding carboxylic acids is 1. The van der Waals surface area contributed by atoms with Gasteiger partial charge in [0.2, 0.25) is 0 Å². The Balaban J connectivity index is 2.04. The van der Waals surface area contributed by atoms with E-state index in [0.29, 0.717) is 19.7 Å². The number of hydrogen-bond donors (Lipinski definition) is 0. The molecule has 0 atom stereocenters. The van der Waals surface area contributed by atoms with Crippen LogP contribution in [0.4, 0.5) is 8.78 Å². The number of hydrogen-bond acceptors (Lipinski definition) is 3. The zero-order valence-electron chi connectivity index (χ0n) is 11.1. The first-order valence-electron chi connectivity index (χ1n) is 6.22. The Morgan fingerprint density at radius 1 is 1.42 bits per heavy atom. The number of Topliss-reactive ketones (excluding diaryl/α,β-unsaturated/α-hetero) is 1. The normalized spacial score (nSPS) is 19.4. The molecular formula is C14H17F2NO2. The van der Waals surface area contributed by atoms with E-state index in [-0.39, 0.29) is 23.5 Å². The number of morpholine rings is 1. The van der Waals surface area contributed by atoms with Crippen LogP contribution in [0.1, 0.15) is 24.2 Å². The molecule has 0 saturated carbocycles. The number of nitrogens with zero attached hydrogens (tertiary/aromatic N) is 1. The maximum Gasteiger partial charge on any atom is 0.179 e. The fourth-order valence-electron chi connectivity index (χ4n) is 2.25. The van der Waals surface area contributed by atoms with Crippen molar-refractivity contribution in [2.75, 3.05) is 26.2 Å². The summed E-state index contributed by atoms with van der Waals surface area (Å²) in [5.74, 6) is -1.82. The number of ether oxygens (including phenoxy) is 1. The second kappa shape index (κ2) is 5.35. The SMILES string of the molecule is CC1(C)CN(CC(=O)c2ccc(F)cc2F)CCO1. The van der Waals surface area contributed by atoms with Crippen LogP contribution >= 0.6 is 0 Å². The van der Waals surface area contributed by atoms with Gasteiger partial charge >= 0.3 is 0 Å². The molecule has 0 spiro atoms. The smallest absolute Gasteiger partial charge is 0.179 e. The summed E-state index contributed by atoms with van der Waals surface area (Å²) in [6.45, 7) is 5.81. The van der Waals surface area contributed by atoms with Crippen molar-refractivity contribution in [3.63, 3.8) is 0 Å². The van der Waals surface area contributed by atoms with Gasteiger partial charge in [0, 0.05) is 19.2 Å². The molecule has 2 rings (SSSR count). The molecule has 0 radical (unpaired) electrons. The van der Waals surface area contributed by atoms with Gasteiger partial charge in [-0.3, -0.25) is 9.69 Å². The van der Waals surface area contributed by atoms with E-state index in [1.807, 2.05) is 18.7 Å². The van der Waals surface area contributed by atoms with E-state index in [1.165, 1.54) is 6.07 Å². The molecule has 3 nitrogen and oxygen atoms in total. The summed E-state index contributed by atoms with van der Waals surface area (Å²) in [6, 6.07) is 3.02. The molecule has 1 aromatic carbocycles. The highest BCUT2D eigenvalue weighted by Gasteiger charge is 2.28. The summed E-state index contributed by atoms with van der Waals surface area (Å²) in [7, 11) is 0. The Labute approximate surface area is 111 Å². The summed E-state index contributed by atoms with van der Waals surface area (Å²) >= 11 is 0.